The highest BCUT2D eigenvalue weighted by atomic mass is 19.4. The van der Waals surface area contributed by atoms with Crippen LogP contribution in [0.3, 0.4) is 0 Å². The first-order valence-corrected chi connectivity index (χ1v) is 7.78. The smallest absolute Gasteiger partial charge is 0.497 e. The highest BCUT2D eigenvalue weighted by Crippen LogP contribution is 2.26. The minimum Gasteiger partial charge on any atom is -0.497 e. The van der Waals surface area contributed by atoms with Crippen molar-refractivity contribution >= 4 is 5.97 Å². The summed E-state index contributed by atoms with van der Waals surface area (Å²) in [6.07, 6.45) is -4.01. The van der Waals surface area contributed by atoms with Gasteiger partial charge in [0, 0.05) is 0 Å². The van der Waals surface area contributed by atoms with Crippen LogP contribution >= 0.6 is 0 Å². The van der Waals surface area contributed by atoms with Crippen LogP contribution in [-0.2, 0) is 6.54 Å². The molecule has 0 spiro atoms. The molecule has 8 nitrogen and oxygen atoms in total. The first-order chi connectivity index (χ1) is 13.3. The topological polar surface area (TPSA) is 99.4 Å². The van der Waals surface area contributed by atoms with Gasteiger partial charge in [0.1, 0.15) is 17.2 Å². The molecule has 3 rings (SSSR count). The van der Waals surface area contributed by atoms with Crippen LogP contribution in [0.1, 0.15) is 16.1 Å². The van der Waals surface area contributed by atoms with Crippen molar-refractivity contribution in [2.45, 2.75) is 12.9 Å². The molecule has 0 unspecified atom stereocenters. The van der Waals surface area contributed by atoms with E-state index in [9.17, 15) is 23.1 Å². The maximum absolute atomic E-state index is 12.3. The Hall–Kier alpha value is -3.63. The predicted molar refractivity (Wildman–Crippen MR) is 89.0 cm³/mol. The van der Waals surface area contributed by atoms with Gasteiger partial charge in [-0.3, -0.25) is 4.98 Å². The number of ether oxygens (including phenoxy) is 2. The van der Waals surface area contributed by atoms with Crippen LogP contribution < -0.4 is 9.47 Å². The molecular formula is C17H13F3N4O4. The third kappa shape index (κ3) is 4.37. The van der Waals surface area contributed by atoms with Crippen LogP contribution in [0.5, 0.6) is 11.5 Å². The van der Waals surface area contributed by atoms with Crippen molar-refractivity contribution in [1.29, 1.82) is 0 Å². The molecule has 0 amide bonds. The monoisotopic (exact) mass is 394 g/mol. The SMILES string of the molecule is COc1ccc(Cn2nnc(C(=O)O)c2-c2ccc(OC(F)(F)F)cn2)cc1. The number of pyridine rings is 1. The maximum Gasteiger partial charge on any atom is 0.573 e. The van der Waals surface area contributed by atoms with Gasteiger partial charge in [-0.1, -0.05) is 17.3 Å². The van der Waals surface area contributed by atoms with E-state index in [0.29, 0.717) is 5.75 Å². The summed E-state index contributed by atoms with van der Waals surface area (Å²) in [5.74, 6) is -1.22. The summed E-state index contributed by atoms with van der Waals surface area (Å²) in [6.45, 7) is 0.169. The second-order valence-electron chi connectivity index (χ2n) is 5.52. The lowest BCUT2D eigenvalue weighted by Gasteiger charge is -2.10. The molecule has 2 heterocycles. The van der Waals surface area contributed by atoms with Crippen LogP contribution in [0, 0.1) is 0 Å². The number of halogens is 3. The number of hydrogen-bond acceptors (Lipinski definition) is 6. The van der Waals surface area contributed by atoms with Crippen LogP contribution in [0.15, 0.2) is 42.6 Å². The lowest BCUT2D eigenvalue weighted by atomic mass is 10.2. The van der Waals surface area contributed by atoms with Gasteiger partial charge in [-0.2, -0.15) is 0 Å². The van der Waals surface area contributed by atoms with Crippen LogP contribution in [0.4, 0.5) is 13.2 Å². The normalized spacial score (nSPS) is 11.3. The van der Waals surface area contributed by atoms with E-state index in [-0.39, 0.29) is 23.6 Å². The molecule has 0 bridgehead atoms. The molecule has 0 radical (unpaired) electrons. The first-order valence-electron chi connectivity index (χ1n) is 7.78. The number of benzene rings is 1. The number of nitrogens with zero attached hydrogens (tertiary/aromatic N) is 4. The van der Waals surface area contributed by atoms with E-state index in [0.717, 1.165) is 17.8 Å². The summed E-state index contributed by atoms with van der Waals surface area (Å²) in [6, 6.07) is 9.22. The fraction of sp³-hybridized carbons (Fsp3) is 0.176. The van der Waals surface area contributed by atoms with Crippen molar-refractivity contribution in [3.05, 3.63) is 53.9 Å². The minimum atomic E-state index is -4.85. The van der Waals surface area contributed by atoms with Crippen LogP contribution in [0.2, 0.25) is 0 Å². The van der Waals surface area contributed by atoms with E-state index >= 15 is 0 Å². The van der Waals surface area contributed by atoms with Gasteiger partial charge >= 0.3 is 12.3 Å². The fourth-order valence-electron chi connectivity index (χ4n) is 2.44. The molecule has 3 aromatic rings. The molecule has 146 valence electrons. The zero-order valence-electron chi connectivity index (χ0n) is 14.3. The van der Waals surface area contributed by atoms with Crippen molar-refractivity contribution in [2.75, 3.05) is 7.11 Å². The summed E-state index contributed by atoms with van der Waals surface area (Å²) in [4.78, 5) is 15.3. The van der Waals surface area contributed by atoms with E-state index in [1.54, 1.807) is 24.3 Å². The number of rotatable bonds is 6. The first kappa shape index (κ1) is 19.1. The van der Waals surface area contributed by atoms with Crippen molar-refractivity contribution in [3.8, 4) is 22.9 Å². The molecule has 0 aliphatic heterocycles. The van der Waals surface area contributed by atoms with Crippen molar-refractivity contribution in [2.24, 2.45) is 0 Å². The number of carbonyl (C=O) groups is 1. The molecule has 0 aliphatic carbocycles. The van der Waals surface area contributed by atoms with Crippen molar-refractivity contribution < 1.29 is 32.5 Å². The molecule has 0 fully saturated rings. The Bertz CT molecular complexity index is 970. The highest BCUT2D eigenvalue weighted by Gasteiger charge is 2.31. The molecule has 11 heteroatoms. The largest absolute Gasteiger partial charge is 0.573 e. The Labute approximate surface area is 156 Å². The maximum atomic E-state index is 12.3. The zero-order chi connectivity index (χ0) is 20.3. The third-order valence-corrected chi connectivity index (χ3v) is 3.64. The summed E-state index contributed by atoms with van der Waals surface area (Å²) < 4.78 is 47.0. The van der Waals surface area contributed by atoms with Gasteiger partial charge in [-0.25, -0.2) is 9.48 Å². The highest BCUT2D eigenvalue weighted by molar-refractivity contribution is 5.92. The third-order valence-electron chi connectivity index (χ3n) is 3.64. The van der Waals surface area contributed by atoms with Gasteiger partial charge < -0.3 is 14.6 Å². The second-order valence-corrected chi connectivity index (χ2v) is 5.52. The van der Waals surface area contributed by atoms with Crippen LogP contribution in [0.25, 0.3) is 11.4 Å². The van der Waals surface area contributed by atoms with Gasteiger partial charge in [-0.15, -0.1) is 18.3 Å². The van der Waals surface area contributed by atoms with Gasteiger partial charge in [0.05, 0.1) is 25.5 Å². The predicted octanol–water partition coefficient (Wildman–Crippen LogP) is 2.99. The fourth-order valence-corrected chi connectivity index (χ4v) is 2.44. The Morgan fingerprint density at radius 3 is 2.36 bits per heavy atom. The number of hydrogen-bond donors (Lipinski definition) is 1. The van der Waals surface area contributed by atoms with Crippen LogP contribution in [-0.4, -0.2) is 44.5 Å². The molecule has 0 atom stereocenters. The van der Waals surface area contributed by atoms with E-state index < -0.39 is 18.1 Å². The molecule has 0 saturated carbocycles. The number of aromatic nitrogens is 4. The average molecular weight is 394 g/mol. The molecule has 0 saturated heterocycles. The Balaban J connectivity index is 1.94. The standard InChI is InChI=1S/C17H13F3N4O4/c1-27-11-4-2-10(3-5-11)9-24-15(14(16(25)26)22-23-24)13-7-6-12(8-21-13)28-17(18,19)20/h2-8H,9H2,1H3,(H,25,26). The lowest BCUT2D eigenvalue weighted by Crippen LogP contribution is -2.17. The Morgan fingerprint density at radius 2 is 1.82 bits per heavy atom. The molecular weight excluding hydrogens is 381 g/mol. The molecule has 2 aromatic heterocycles. The van der Waals surface area contributed by atoms with Gasteiger partial charge in [-0.05, 0) is 29.8 Å². The summed E-state index contributed by atoms with van der Waals surface area (Å²) in [7, 11) is 1.53. The molecule has 1 N–H and O–H groups in total. The summed E-state index contributed by atoms with van der Waals surface area (Å²) in [5.41, 5.74) is 0.554. The Kier molecular flexibility index (Phi) is 5.16. The number of aromatic carboxylic acids is 1. The molecule has 0 aliphatic rings. The summed E-state index contributed by atoms with van der Waals surface area (Å²) in [5, 5.41) is 16.8. The van der Waals surface area contributed by atoms with E-state index in [2.05, 4.69) is 20.0 Å². The zero-order valence-corrected chi connectivity index (χ0v) is 14.3. The molecule has 1 aromatic carbocycles. The molecule has 28 heavy (non-hydrogen) atoms. The average Bonchev–Trinajstić information content (AvgIpc) is 3.05. The van der Waals surface area contributed by atoms with E-state index in [4.69, 9.17) is 4.74 Å². The minimum absolute atomic E-state index is 0.0573. The van der Waals surface area contributed by atoms with Crippen molar-refractivity contribution in [1.82, 2.24) is 20.0 Å². The van der Waals surface area contributed by atoms with Gasteiger partial charge in [0.15, 0.2) is 5.69 Å². The van der Waals surface area contributed by atoms with Gasteiger partial charge in [0.25, 0.3) is 0 Å². The number of methoxy groups -OCH3 is 1. The summed E-state index contributed by atoms with van der Waals surface area (Å²) >= 11 is 0. The quantitative estimate of drug-likeness (QED) is 0.686. The van der Waals surface area contributed by atoms with Gasteiger partial charge in [0.2, 0.25) is 0 Å². The second kappa shape index (κ2) is 7.55. The number of carboxylic acid groups (broad SMARTS) is 1. The van der Waals surface area contributed by atoms with E-state index in [1.165, 1.54) is 17.9 Å². The van der Waals surface area contributed by atoms with Crippen molar-refractivity contribution in [3.63, 3.8) is 0 Å². The number of carboxylic acids is 1. The lowest BCUT2D eigenvalue weighted by molar-refractivity contribution is -0.274. The Morgan fingerprint density at radius 1 is 1.14 bits per heavy atom. The number of alkyl halides is 3. The van der Waals surface area contributed by atoms with E-state index in [1.807, 2.05) is 0 Å².